The molecule has 1 aromatic carbocycles. The monoisotopic (exact) mass is 142 g/mol. The summed E-state index contributed by atoms with van der Waals surface area (Å²) in [6.45, 7) is 0. The van der Waals surface area contributed by atoms with Crippen molar-refractivity contribution in [3.05, 3.63) is 24.0 Å². The molecule has 0 aromatic heterocycles. The van der Waals surface area contributed by atoms with Gasteiger partial charge < -0.3 is 10.5 Å². The Balaban J connectivity index is 3.14. The third-order valence-electron chi connectivity index (χ3n) is 1.13. The van der Waals surface area contributed by atoms with Crippen molar-refractivity contribution in [1.29, 1.82) is 0 Å². The minimum Gasteiger partial charge on any atom is -0.505 e. The number of anilines is 1. The summed E-state index contributed by atoms with van der Waals surface area (Å²) >= 11 is 0. The molecular weight excluding hydrogens is 135 g/mol. The molecule has 1 rings (SSSR count). The second kappa shape index (κ2) is 2.53. The van der Waals surface area contributed by atoms with Gasteiger partial charge in [-0.1, -0.05) is 6.07 Å². The predicted octanol–water partition coefficient (Wildman–Crippen LogP) is 0.817. The van der Waals surface area contributed by atoms with Gasteiger partial charge >= 0.3 is 0 Å². The van der Waals surface area contributed by atoms with E-state index >= 15 is 0 Å². The number of aromatic hydroxyl groups is 1. The Morgan fingerprint density at radius 2 is 2.20 bits per heavy atom. The molecule has 0 unspecified atom stereocenters. The Bertz CT molecular complexity index is 239. The molecule has 0 aliphatic carbocycles. The van der Waals surface area contributed by atoms with Crippen molar-refractivity contribution in [3.8, 4) is 5.75 Å². The van der Waals surface area contributed by atoms with Crippen molar-refractivity contribution in [3.63, 3.8) is 0 Å². The number of halogens is 1. The molecule has 0 fully saturated rings. The molecule has 0 radical (unpaired) electrons. The van der Waals surface area contributed by atoms with Crippen LogP contribution in [-0.2, 0) is 0 Å². The molecule has 3 nitrogen and oxygen atoms in total. The van der Waals surface area contributed by atoms with Gasteiger partial charge in [0.2, 0.25) is 0 Å². The maximum absolute atomic E-state index is 12.6. The van der Waals surface area contributed by atoms with Crippen LogP contribution in [-0.4, -0.2) is 5.11 Å². The summed E-state index contributed by atoms with van der Waals surface area (Å²) < 4.78 is 12.6. The third-order valence-corrected chi connectivity index (χ3v) is 1.13. The summed E-state index contributed by atoms with van der Waals surface area (Å²) in [6.07, 6.45) is 0. The summed E-state index contributed by atoms with van der Waals surface area (Å²) in [5.41, 5.74) is 2.18. The second-order valence-corrected chi connectivity index (χ2v) is 1.78. The zero-order valence-electron chi connectivity index (χ0n) is 5.13. The molecule has 4 N–H and O–H groups in total. The highest BCUT2D eigenvalue weighted by Crippen LogP contribution is 2.21. The molecule has 4 heteroatoms. The number of nitrogens with two attached hydrogens (primary N) is 1. The molecule has 0 aliphatic heterocycles. The standard InChI is InChI=1S/C6H7FN2O/c7-6-4(9-8)2-1-3-5(6)10/h1-3,9-10H,8H2. The highest BCUT2D eigenvalue weighted by atomic mass is 19.1. The lowest BCUT2D eigenvalue weighted by molar-refractivity contribution is 0.433. The summed E-state index contributed by atoms with van der Waals surface area (Å²) in [6, 6.07) is 4.17. The maximum atomic E-state index is 12.6. The van der Waals surface area contributed by atoms with Crippen molar-refractivity contribution in [1.82, 2.24) is 0 Å². The van der Waals surface area contributed by atoms with Crippen molar-refractivity contribution >= 4 is 5.69 Å². The highest BCUT2D eigenvalue weighted by Gasteiger charge is 2.03. The molecule has 0 atom stereocenters. The van der Waals surface area contributed by atoms with E-state index in [1.54, 1.807) is 0 Å². The Hall–Kier alpha value is -1.29. The predicted molar refractivity (Wildman–Crippen MR) is 35.9 cm³/mol. The van der Waals surface area contributed by atoms with Gasteiger partial charge in [0.1, 0.15) is 0 Å². The minimum atomic E-state index is -0.731. The van der Waals surface area contributed by atoms with Gasteiger partial charge in [0.25, 0.3) is 0 Å². The number of nitrogen functional groups attached to an aromatic ring is 1. The fourth-order valence-electron chi connectivity index (χ4n) is 0.631. The van der Waals surface area contributed by atoms with Gasteiger partial charge in [0.15, 0.2) is 11.6 Å². The Kier molecular flexibility index (Phi) is 1.73. The van der Waals surface area contributed by atoms with Crippen molar-refractivity contribution in [2.45, 2.75) is 0 Å². The third kappa shape index (κ3) is 1.01. The highest BCUT2D eigenvalue weighted by molar-refractivity contribution is 5.48. The average molecular weight is 142 g/mol. The number of nitrogens with one attached hydrogen (secondary N) is 1. The lowest BCUT2D eigenvalue weighted by atomic mass is 10.3. The average Bonchev–Trinajstić information content (AvgIpc) is 1.95. The van der Waals surface area contributed by atoms with E-state index in [4.69, 9.17) is 10.9 Å². The SMILES string of the molecule is NNc1cccc(O)c1F. The minimum absolute atomic E-state index is 0.0833. The largest absolute Gasteiger partial charge is 0.505 e. The number of phenols is 1. The first-order valence-corrected chi connectivity index (χ1v) is 2.70. The van der Waals surface area contributed by atoms with Crippen LogP contribution in [0.15, 0.2) is 18.2 Å². The molecule has 0 spiro atoms. The van der Waals surface area contributed by atoms with Gasteiger partial charge in [-0.05, 0) is 12.1 Å². The number of benzene rings is 1. The van der Waals surface area contributed by atoms with E-state index < -0.39 is 11.6 Å². The molecule has 1 aromatic rings. The normalized spacial score (nSPS) is 9.40. The zero-order valence-corrected chi connectivity index (χ0v) is 5.13. The van der Waals surface area contributed by atoms with Gasteiger partial charge in [0.05, 0.1) is 5.69 Å². The van der Waals surface area contributed by atoms with E-state index in [9.17, 15) is 4.39 Å². The van der Waals surface area contributed by atoms with E-state index in [-0.39, 0.29) is 5.69 Å². The number of rotatable bonds is 1. The second-order valence-electron chi connectivity index (χ2n) is 1.78. The van der Waals surface area contributed by atoms with E-state index in [2.05, 4.69) is 5.43 Å². The first-order chi connectivity index (χ1) is 4.75. The summed E-state index contributed by atoms with van der Waals surface area (Å²) in [5.74, 6) is 3.78. The molecule has 0 amide bonds. The van der Waals surface area contributed by atoms with Gasteiger partial charge in [-0.15, -0.1) is 0 Å². The Morgan fingerprint density at radius 1 is 1.50 bits per heavy atom. The van der Waals surface area contributed by atoms with Gasteiger partial charge in [-0.25, -0.2) is 4.39 Å². The van der Waals surface area contributed by atoms with Gasteiger partial charge in [0, 0.05) is 0 Å². The van der Waals surface area contributed by atoms with E-state index in [0.717, 1.165) is 0 Å². The molecular formula is C6H7FN2O. The van der Waals surface area contributed by atoms with E-state index in [0.29, 0.717) is 0 Å². The van der Waals surface area contributed by atoms with Crippen LogP contribution in [0.1, 0.15) is 0 Å². The topological polar surface area (TPSA) is 58.3 Å². The lowest BCUT2D eigenvalue weighted by Crippen LogP contribution is -2.08. The van der Waals surface area contributed by atoms with Crippen molar-refractivity contribution in [2.75, 3.05) is 5.43 Å². The van der Waals surface area contributed by atoms with Crippen molar-refractivity contribution in [2.24, 2.45) is 5.84 Å². The molecule has 54 valence electrons. The number of phenolic OH excluding ortho intramolecular Hbond substituents is 1. The summed E-state index contributed by atoms with van der Waals surface area (Å²) in [5, 5.41) is 8.76. The fraction of sp³-hybridized carbons (Fsp3) is 0. The van der Waals surface area contributed by atoms with Crippen molar-refractivity contribution < 1.29 is 9.50 Å². The first-order valence-electron chi connectivity index (χ1n) is 2.70. The number of hydrogen-bond donors (Lipinski definition) is 3. The van der Waals surface area contributed by atoms with Crippen LogP contribution in [0.25, 0.3) is 0 Å². The summed E-state index contributed by atoms with van der Waals surface area (Å²) in [7, 11) is 0. The van der Waals surface area contributed by atoms with Crippen LogP contribution >= 0.6 is 0 Å². The lowest BCUT2D eigenvalue weighted by Gasteiger charge is -2.01. The van der Waals surface area contributed by atoms with Crippen LogP contribution < -0.4 is 11.3 Å². The molecule has 10 heavy (non-hydrogen) atoms. The first kappa shape index (κ1) is 6.82. The quantitative estimate of drug-likeness (QED) is 0.402. The van der Waals surface area contributed by atoms with Crippen LogP contribution in [0, 0.1) is 5.82 Å². The zero-order chi connectivity index (χ0) is 7.56. The smallest absolute Gasteiger partial charge is 0.189 e. The van der Waals surface area contributed by atoms with Crippen LogP contribution in [0.4, 0.5) is 10.1 Å². The van der Waals surface area contributed by atoms with Crippen LogP contribution in [0.2, 0.25) is 0 Å². The van der Waals surface area contributed by atoms with Gasteiger partial charge in [-0.2, -0.15) is 0 Å². The van der Waals surface area contributed by atoms with E-state index in [1.807, 2.05) is 0 Å². The maximum Gasteiger partial charge on any atom is 0.189 e. The van der Waals surface area contributed by atoms with E-state index in [1.165, 1.54) is 18.2 Å². The molecule has 0 saturated carbocycles. The van der Waals surface area contributed by atoms with Crippen LogP contribution in [0.3, 0.4) is 0 Å². The van der Waals surface area contributed by atoms with Crippen LogP contribution in [0.5, 0.6) is 5.75 Å². The fourth-order valence-corrected chi connectivity index (χ4v) is 0.631. The molecule has 0 aliphatic rings. The molecule has 0 heterocycles. The van der Waals surface area contributed by atoms with Gasteiger partial charge in [-0.3, -0.25) is 5.84 Å². The Morgan fingerprint density at radius 3 is 2.70 bits per heavy atom. The molecule has 0 saturated heterocycles. The molecule has 0 bridgehead atoms. The Labute approximate surface area is 57.3 Å². The summed E-state index contributed by atoms with van der Waals surface area (Å²) in [4.78, 5) is 0. The number of hydrazine groups is 1. The number of hydrogen-bond acceptors (Lipinski definition) is 3.